The van der Waals surface area contributed by atoms with Gasteiger partial charge in [0.1, 0.15) is 10.1 Å². The average Bonchev–Trinajstić information content (AvgIpc) is 2.88. The van der Waals surface area contributed by atoms with Crippen LogP contribution in [-0.2, 0) is 10.5 Å². The quantitative estimate of drug-likeness (QED) is 0.647. The van der Waals surface area contributed by atoms with E-state index in [4.69, 9.17) is 9.84 Å². The fraction of sp³-hybridized carbons (Fsp3) is 0.200. The summed E-state index contributed by atoms with van der Waals surface area (Å²) >= 11 is 3.26. The molecule has 0 fully saturated rings. The van der Waals surface area contributed by atoms with Crippen LogP contribution in [-0.4, -0.2) is 23.2 Å². The maximum absolute atomic E-state index is 10.6. The van der Waals surface area contributed by atoms with Crippen molar-refractivity contribution in [2.45, 2.75) is 17.0 Å². The summed E-state index contributed by atoms with van der Waals surface area (Å²) in [5.41, 5.74) is 2.87. The van der Waals surface area contributed by atoms with E-state index in [1.54, 1.807) is 36.3 Å². The van der Waals surface area contributed by atoms with Gasteiger partial charge in [0.05, 0.1) is 7.11 Å². The Morgan fingerprint density at radius 1 is 1.52 bits per heavy atom. The standard InChI is InChI=1S/C15H15NO3S2/c1-10-8-20-15(16-10)21-9-12-7-11(4-6-14(17)18)3-5-13(12)19-2/h3-8H,9H2,1-2H3,(H,17,18). The van der Waals surface area contributed by atoms with Crippen LogP contribution in [0.2, 0.25) is 0 Å². The second-order valence-corrected chi connectivity index (χ2v) is 6.37. The molecule has 0 aliphatic rings. The molecule has 21 heavy (non-hydrogen) atoms. The van der Waals surface area contributed by atoms with Gasteiger partial charge in [-0.3, -0.25) is 0 Å². The monoisotopic (exact) mass is 321 g/mol. The number of thiazole rings is 1. The van der Waals surface area contributed by atoms with Gasteiger partial charge < -0.3 is 9.84 Å². The fourth-order valence-corrected chi connectivity index (χ4v) is 3.55. The summed E-state index contributed by atoms with van der Waals surface area (Å²) in [5, 5.41) is 10.7. The minimum absolute atomic E-state index is 0.727. The lowest BCUT2D eigenvalue weighted by atomic mass is 10.1. The molecule has 0 saturated heterocycles. The zero-order chi connectivity index (χ0) is 15.2. The Morgan fingerprint density at radius 3 is 2.95 bits per heavy atom. The minimum Gasteiger partial charge on any atom is -0.496 e. The van der Waals surface area contributed by atoms with E-state index in [-0.39, 0.29) is 0 Å². The highest BCUT2D eigenvalue weighted by molar-refractivity contribution is 8.00. The Morgan fingerprint density at radius 2 is 2.33 bits per heavy atom. The second kappa shape index (κ2) is 7.28. The van der Waals surface area contributed by atoms with Crippen LogP contribution in [0.15, 0.2) is 34.0 Å². The average molecular weight is 321 g/mol. The summed E-state index contributed by atoms with van der Waals surface area (Å²) in [6.45, 7) is 1.97. The molecule has 1 N–H and O–H groups in total. The highest BCUT2D eigenvalue weighted by Crippen LogP contribution is 2.30. The first-order valence-electron chi connectivity index (χ1n) is 6.21. The SMILES string of the molecule is COc1ccc(C=CC(=O)O)cc1CSc1nc(C)cs1. The number of carboxylic acids is 1. The Labute approximate surface area is 131 Å². The van der Waals surface area contributed by atoms with Gasteiger partial charge >= 0.3 is 5.97 Å². The number of ether oxygens (including phenoxy) is 1. The Kier molecular flexibility index (Phi) is 5.41. The number of carboxylic acid groups (broad SMARTS) is 1. The Hall–Kier alpha value is -1.79. The largest absolute Gasteiger partial charge is 0.496 e. The molecule has 0 aliphatic heterocycles. The number of benzene rings is 1. The highest BCUT2D eigenvalue weighted by Gasteiger charge is 2.07. The van der Waals surface area contributed by atoms with Gasteiger partial charge in [0.15, 0.2) is 0 Å². The summed E-state index contributed by atoms with van der Waals surface area (Å²) < 4.78 is 6.36. The molecule has 6 heteroatoms. The lowest BCUT2D eigenvalue weighted by molar-refractivity contribution is -0.131. The number of carbonyl (C=O) groups is 1. The fourth-order valence-electron chi connectivity index (χ4n) is 1.72. The van der Waals surface area contributed by atoms with Crippen LogP contribution in [0.1, 0.15) is 16.8 Å². The maximum Gasteiger partial charge on any atom is 0.328 e. The molecule has 0 spiro atoms. The van der Waals surface area contributed by atoms with E-state index in [0.29, 0.717) is 0 Å². The van der Waals surface area contributed by atoms with Gasteiger partial charge in [0.2, 0.25) is 0 Å². The summed E-state index contributed by atoms with van der Waals surface area (Å²) in [6, 6.07) is 5.62. The van der Waals surface area contributed by atoms with Crippen molar-refractivity contribution in [3.05, 3.63) is 46.5 Å². The Bertz CT molecular complexity index is 665. The molecule has 0 saturated carbocycles. The van der Waals surface area contributed by atoms with Crippen molar-refractivity contribution in [3.8, 4) is 5.75 Å². The number of methoxy groups -OCH3 is 1. The van der Waals surface area contributed by atoms with E-state index in [9.17, 15) is 4.79 Å². The number of aromatic nitrogens is 1. The number of nitrogens with zero attached hydrogens (tertiary/aromatic N) is 1. The third kappa shape index (κ3) is 4.61. The number of aliphatic carboxylic acids is 1. The molecule has 0 unspecified atom stereocenters. The smallest absolute Gasteiger partial charge is 0.328 e. The summed E-state index contributed by atoms with van der Waals surface area (Å²) in [4.78, 5) is 15.0. The van der Waals surface area contributed by atoms with Crippen molar-refractivity contribution >= 4 is 35.1 Å². The lowest BCUT2D eigenvalue weighted by Gasteiger charge is -2.08. The molecule has 0 atom stereocenters. The predicted molar refractivity (Wildman–Crippen MR) is 86.1 cm³/mol. The molecular formula is C15H15NO3S2. The van der Waals surface area contributed by atoms with Crippen molar-refractivity contribution in [1.29, 1.82) is 0 Å². The molecule has 1 aromatic heterocycles. The number of rotatable bonds is 6. The first kappa shape index (κ1) is 15.6. The molecule has 1 aromatic carbocycles. The zero-order valence-corrected chi connectivity index (χ0v) is 13.3. The summed E-state index contributed by atoms with van der Waals surface area (Å²) in [7, 11) is 1.63. The zero-order valence-electron chi connectivity index (χ0n) is 11.7. The number of thioether (sulfide) groups is 1. The van der Waals surface area contributed by atoms with Crippen molar-refractivity contribution in [2.75, 3.05) is 7.11 Å². The van der Waals surface area contributed by atoms with Crippen LogP contribution >= 0.6 is 23.1 Å². The lowest BCUT2D eigenvalue weighted by Crippen LogP contribution is -1.92. The van der Waals surface area contributed by atoms with Crippen LogP contribution in [0.25, 0.3) is 6.08 Å². The van der Waals surface area contributed by atoms with E-state index in [1.165, 1.54) is 0 Å². The molecule has 4 nitrogen and oxygen atoms in total. The van der Waals surface area contributed by atoms with E-state index in [1.807, 2.05) is 30.5 Å². The molecule has 2 rings (SSSR count). The van der Waals surface area contributed by atoms with Crippen molar-refractivity contribution in [3.63, 3.8) is 0 Å². The minimum atomic E-state index is -0.958. The summed E-state index contributed by atoms with van der Waals surface area (Å²) in [5.74, 6) is 0.563. The van der Waals surface area contributed by atoms with Gasteiger partial charge in [-0.1, -0.05) is 17.8 Å². The van der Waals surface area contributed by atoms with Crippen molar-refractivity contribution in [2.24, 2.45) is 0 Å². The molecular weight excluding hydrogens is 306 g/mol. The van der Waals surface area contributed by atoms with Gasteiger partial charge in [0, 0.05) is 28.5 Å². The van der Waals surface area contributed by atoms with Gasteiger partial charge in [-0.15, -0.1) is 11.3 Å². The molecule has 0 radical (unpaired) electrons. The maximum atomic E-state index is 10.6. The van der Waals surface area contributed by atoms with E-state index < -0.39 is 5.97 Å². The third-order valence-electron chi connectivity index (χ3n) is 2.67. The first-order valence-corrected chi connectivity index (χ1v) is 8.08. The predicted octanol–water partition coefficient (Wildman–Crippen LogP) is 3.85. The van der Waals surface area contributed by atoms with Crippen LogP contribution in [0, 0.1) is 6.92 Å². The topological polar surface area (TPSA) is 59.4 Å². The van der Waals surface area contributed by atoms with Crippen LogP contribution < -0.4 is 4.74 Å². The van der Waals surface area contributed by atoms with Crippen molar-refractivity contribution < 1.29 is 14.6 Å². The third-order valence-corrected chi connectivity index (χ3v) is 4.86. The van der Waals surface area contributed by atoms with E-state index in [0.717, 1.165) is 38.7 Å². The van der Waals surface area contributed by atoms with Gasteiger partial charge in [0.25, 0.3) is 0 Å². The number of hydrogen-bond donors (Lipinski definition) is 1. The van der Waals surface area contributed by atoms with E-state index in [2.05, 4.69) is 4.98 Å². The van der Waals surface area contributed by atoms with Crippen LogP contribution in [0.4, 0.5) is 0 Å². The Balaban J connectivity index is 2.15. The van der Waals surface area contributed by atoms with E-state index >= 15 is 0 Å². The molecule has 0 amide bonds. The highest BCUT2D eigenvalue weighted by atomic mass is 32.2. The normalized spacial score (nSPS) is 11.0. The van der Waals surface area contributed by atoms with Crippen LogP contribution in [0.5, 0.6) is 5.75 Å². The molecule has 0 bridgehead atoms. The van der Waals surface area contributed by atoms with Gasteiger partial charge in [-0.05, 0) is 30.7 Å². The second-order valence-electron chi connectivity index (χ2n) is 4.29. The number of hydrogen-bond acceptors (Lipinski definition) is 5. The van der Waals surface area contributed by atoms with Crippen molar-refractivity contribution in [1.82, 2.24) is 4.98 Å². The molecule has 110 valence electrons. The van der Waals surface area contributed by atoms with Gasteiger partial charge in [-0.2, -0.15) is 0 Å². The van der Waals surface area contributed by atoms with Gasteiger partial charge in [-0.25, -0.2) is 9.78 Å². The summed E-state index contributed by atoms with van der Waals surface area (Å²) in [6.07, 6.45) is 2.70. The number of aryl methyl sites for hydroxylation is 1. The molecule has 0 aliphatic carbocycles. The molecule has 1 heterocycles. The van der Waals surface area contributed by atoms with Crippen LogP contribution in [0.3, 0.4) is 0 Å². The first-order chi connectivity index (χ1) is 10.1. The molecule has 2 aromatic rings.